The van der Waals surface area contributed by atoms with Gasteiger partial charge in [0.1, 0.15) is 28.9 Å². The number of aromatic nitrogens is 2. The molecule has 0 spiro atoms. The van der Waals surface area contributed by atoms with Crippen molar-refractivity contribution in [1.82, 2.24) is 14.7 Å². The highest BCUT2D eigenvalue weighted by atomic mass is 16.5. The van der Waals surface area contributed by atoms with Gasteiger partial charge < -0.3 is 19.4 Å². The van der Waals surface area contributed by atoms with Gasteiger partial charge in [-0.1, -0.05) is 6.07 Å². The van der Waals surface area contributed by atoms with Crippen molar-refractivity contribution in [2.45, 2.75) is 39.5 Å². The van der Waals surface area contributed by atoms with Crippen molar-refractivity contribution < 1.29 is 13.9 Å². The van der Waals surface area contributed by atoms with Crippen LogP contribution in [0.5, 0.6) is 0 Å². The number of carbonyl (C=O) groups is 1. The maximum absolute atomic E-state index is 13.5. The second-order valence-corrected chi connectivity index (χ2v) is 8.13. The number of morpholine rings is 1. The zero-order chi connectivity index (χ0) is 23.5. The summed E-state index contributed by atoms with van der Waals surface area (Å²) >= 11 is 0. The quantitative estimate of drug-likeness (QED) is 0.472. The van der Waals surface area contributed by atoms with Crippen molar-refractivity contribution in [2.75, 3.05) is 18.0 Å². The van der Waals surface area contributed by atoms with Crippen molar-refractivity contribution in [3.8, 4) is 6.07 Å². The third-order valence-corrected chi connectivity index (χ3v) is 5.44. The predicted molar refractivity (Wildman–Crippen MR) is 123 cm³/mol. The molecule has 4 rings (SSSR count). The van der Waals surface area contributed by atoms with Crippen LogP contribution in [0.25, 0.3) is 11.7 Å². The molecule has 4 heterocycles. The van der Waals surface area contributed by atoms with Crippen LogP contribution in [0.2, 0.25) is 0 Å². The Bertz CT molecular complexity index is 1290. The van der Waals surface area contributed by atoms with Crippen LogP contribution < -0.4 is 15.8 Å². The number of furan rings is 1. The zero-order valence-corrected chi connectivity index (χ0v) is 18.7. The first-order valence-electron chi connectivity index (χ1n) is 10.7. The molecule has 1 N–H and O–H groups in total. The van der Waals surface area contributed by atoms with Gasteiger partial charge in [0.2, 0.25) is 0 Å². The summed E-state index contributed by atoms with van der Waals surface area (Å²) in [5.74, 6) is 0.390. The van der Waals surface area contributed by atoms with Gasteiger partial charge in [0.05, 0.1) is 30.6 Å². The number of aryl methyl sites for hydroxylation is 1. The summed E-state index contributed by atoms with van der Waals surface area (Å²) in [6, 6.07) is 8.99. The minimum Gasteiger partial charge on any atom is -0.467 e. The Kier molecular flexibility index (Phi) is 6.29. The largest absolute Gasteiger partial charge is 0.467 e. The van der Waals surface area contributed by atoms with Crippen molar-refractivity contribution in [2.24, 2.45) is 0 Å². The average molecular weight is 447 g/mol. The number of fused-ring (bicyclic) bond motifs is 1. The van der Waals surface area contributed by atoms with Crippen LogP contribution in [0.3, 0.4) is 0 Å². The van der Waals surface area contributed by atoms with E-state index in [1.54, 1.807) is 24.4 Å². The van der Waals surface area contributed by atoms with Gasteiger partial charge in [-0.3, -0.25) is 14.0 Å². The molecule has 0 saturated carbocycles. The van der Waals surface area contributed by atoms with E-state index in [9.17, 15) is 14.9 Å². The van der Waals surface area contributed by atoms with Crippen LogP contribution in [-0.2, 0) is 16.1 Å². The lowest BCUT2D eigenvalue weighted by molar-refractivity contribution is -0.117. The number of amides is 1. The number of nitriles is 1. The van der Waals surface area contributed by atoms with Crippen LogP contribution in [-0.4, -0.2) is 40.6 Å². The van der Waals surface area contributed by atoms with E-state index in [1.807, 2.05) is 37.8 Å². The molecule has 1 fully saturated rings. The third kappa shape index (κ3) is 4.66. The molecule has 0 bridgehead atoms. The van der Waals surface area contributed by atoms with Gasteiger partial charge >= 0.3 is 0 Å². The Hall–Kier alpha value is -3.90. The lowest BCUT2D eigenvalue weighted by Gasteiger charge is -2.36. The number of hydrogen-bond acceptors (Lipinski definition) is 7. The number of nitrogens with one attached hydrogen (secondary N) is 1. The molecule has 2 unspecified atom stereocenters. The Labute approximate surface area is 190 Å². The van der Waals surface area contributed by atoms with Crippen LogP contribution in [0.4, 0.5) is 5.82 Å². The van der Waals surface area contributed by atoms with Crippen LogP contribution >= 0.6 is 0 Å². The number of rotatable bonds is 5. The Balaban J connectivity index is 1.80. The molecule has 9 nitrogen and oxygen atoms in total. The maximum Gasteiger partial charge on any atom is 0.267 e. The SMILES string of the molecule is Cc1cccn2c(=O)c(C=C(C#N)C(=O)NCc3ccco3)c(N3CC(C)OC(C)C3)nc12. The molecule has 1 amide bonds. The van der Waals surface area contributed by atoms with Gasteiger partial charge in [0, 0.05) is 19.3 Å². The minimum absolute atomic E-state index is 0.0604. The molecule has 9 heteroatoms. The monoisotopic (exact) mass is 447 g/mol. The van der Waals surface area contributed by atoms with E-state index in [1.165, 1.54) is 16.7 Å². The molecule has 0 radical (unpaired) electrons. The van der Waals surface area contributed by atoms with Crippen molar-refractivity contribution in [1.29, 1.82) is 5.26 Å². The van der Waals surface area contributed by atoms with Crippen molar-refractivity contribution >= 4 is 23.4 Å². The molecule has 2 atom stereocenters. The highest BCUT2D eigenvalue weighted by molar-refractivity contribution is 6.02. The molecule has 33 heavy (non-hydrogen) atoms. The van der Waals surface area contributed by atoms with E-state index in [0.717, 1.165) is 5.56 Å². The molecule has 3 aromatic heterocycles. The number of pyridine rings is 1. The Morgan fingerprint density at radius 2 is 2.06 bits per heavy atom. The first-order valence-corrected chi connectivity index (χ1v) is 10.7. The summed E-state index contributed by atoms with van der Waals surface area (Å²) in [7, 11) is 0. The van der Waals surface area contributed by atoms with Gasteiger partial charge in [0.25, 0.3) is 11.5 Å². The minimum atomic E-state index is -0.600. The fourth-order valence-electron chi connectivity index (χ4n) is 3.99. The summed E-state index contributed by atoms with van der Waals surface area (Å²) in [5, 5.41) is 12.3. The normalized spacial score (nSPS) is 18.8. The summed E-state index contributed by atoms with van der Waals surface area (Å²) in [4.78, 5) is 33.0. The fourth-order valence-corrected chi connectivity index (χ4v) is 3.99. The summed E-state index contributed by atoms with van der Waals surface area (Å²) < 4.78 is 12.5. The van der Waals surface area contributed by atoms with Crippen LogP contribution in [0.1, 0.15) is 30.7 Å². The maximum atomic E-state index is 13.5. The second kappa shape index (κ2) is 9.30. The van der Waals surface area contributed by atoms with E-state index in [-0.39, 0.29) is 35.4 Å². The standard InChI is InChI=1S/C24H25N5O4/c1-15-6-4-8-29-21(15)27-22(28-13-16(2)33-17(3)14-28)20(24(29)31)10-18(11-25)23(30)26-12-19-7-5-9-32-19/h4-10,16-17H,12-14H2,1-3H3,(H,26,30). The summed E-state index contributed by atoms with van der Waals surface area (Å²) in [6.07, 6.45) is 4.33. The second-order valence-electron chi connectivity index (χ2n) is 8.13. The Morgan fingerprint density at radius 3 is 2.73 bits per heavy atom. The number of hydrogen-bond donors (Lipinski definition) is 1. The van der Waals surface area contributed by atoms with Crippen molar-refractivity contribution in [3.63, 3.8) is 0 Å². The molecule has 1 saturated heterocycles. The van der Waals surface area contributed by atoms with E-state index in [2.05, 4.69) is 5.32 Å². The number of carbonyl (C=O) groups excluding carboxylic acids is 1. The number of anilines is 1. The predicted octanol–water partition coefficient (Wildman–Crippen LogP) is 2.43. The molecular weight excluding hydrogens is 422 g/mol. The molecule has 1 aliphatic heterocycles. The highest BCUT2D eigenvalue weighted by Gasteiger charge is 2.27. The molecule has 0 aliphatic carbocycles. The molecular formula is C24H25N5O4. The van der Waals surface area contributed by atoms with Crippen LogP contribution in [0, 0.1) is 18.3 Å². The number of nitrogens with zero attached hydrogens (tertiary/aromatic N) is 4. The fraction of sp³-hybridized carbons (Fsp3) is 0.333. The Morgan fingerprint density at radius 1 is 1.30 bits per heavy atom. The molecule has 170 valence electrons. The topological polar surface area (TPSA) is 113 Å². The van der Waals surface area contributed by atoms with Gasteiger partial charge in [-0.05, 0) is 50.6 Å². The smallest absolute Gasteiger partial charge is 0.267 e. The lowest BCUT2D eigenvalue weighted by atomic mass is 10.1. The molecule has 3 aromatic rings. The first kappa shape index (κ1) is 22.3. The molecule has 1 aliphatic rings. The van der Waals surface area contributed by atoms with Gasteiger partial charge in [0.15, 0.2) is 0 Å². The number of ether oxygens (including phenoxy) is 1. The van der Waals surface area contributed by atoms with E-state index >= 15 is 0 Å². The zero-order valence-electron chi connectivity index (χ0n) is 18.7. The van der Waals surface area contributed by atoms with Crippen molar-refractivity contribution in [3.05, 3.63) is 69.5 Å². The van der Waals surface area contributed by atoms with Gasteiger partial charge in [-0.25, -0.2) is 4.98 Å². The van der Waals surface area contributed by atoms with Crippen LogP contribution in [0.15, 0.2) is 51.5 Å². The van der Waals surface area contributed by atoms with E-state index in [0.29, 0.717) is 30.3 Å². The van der Waals surface area contributed by atoms with Gasteiger partial charge in [-0.2, -0.15) is 5.26 Å². The van der Waals surface area contributed by atoms with Gasteiger partial charge in [-0.15, -0.1) is 0 Å². The highest BCUT2D eigenvalue weighted by Crippen LogP contribution is 2.24. The molecule has 0 aromatic carbocycles. The third-order valence-electron chi connectivity index (χ3n) is 5.44. The van der Waals surface area contributed by atoms with E-state index in [4.69, 9.17) is 14.1 Å². The average Bonchev–Trinajstić information content (AvgIpc) is 3.30. The lowest BCUT2D eigenvalue weighted by Crippen LogP contribution is -2.46. The summed E-state index contributed by atoms with van der Waals surface area (Å²) in [6.45, 7) is 7.00. The van der Waals surface area contributed by atoms with E-state index < -0.39 is 5.91 Å². The first-order chi connectivity index (χ1) is 15.9. The summed E-state index contributed by atoms with van der Waals surface area (Å²) in [5.41, 5.74) is 1.02.